The van der Waals surface area contributed by atoms with Crippen LogP contribution in [0.3, 0.4) is 0 Å². The normalized spacial score (nSPS) is 13.6. The molecule has 1 aromatic rings. The molecule has 21 heavy (non-hydrogen) atoms. The predicted octanol–water partition coefficient (Wildman–Crippen LogP) is 0.923. The number of carbonyl (C=O) groups excluding carboxylic acids is 2. The van der Waals surface area contributed by atoms with Crippen LogP contribution in [0.5, 0.6) is 5.75 Å². The Morgan fingerprint density at radius 2 is 2.00 bits per heavy atom. The third-order valence-electron chi connectivity index (χ3n) is 3.23. The second kappa shape index (κ2) is 6.97. The van der Waals surface area contributed by atoms with Crippen LogP contribution in [0.15, 0.2) is 18.2 Å². The van der Waals surface area contributed by atoms with Gasteiger partial charge in [0.1, 0.15) is 5.75 Å². The summed E-state index contributed by atoms with van der Waals surface area (Å²) in [6, 6.07) is 4.94. The van der Waals surface area contributed by atoms with Crippen LogP contribution in [0.25, 0.3) is 0 Å². The van der Waals surface area contributed by atoms with Gasteiger partial charge < -0.3 is 21.1 Å². The molecule has 0 spiro atoms. The Labute approximate surface area is 124 Å². The van der Waals surface area contributed by atoms with Crippen LogP contribution >= 0.6 is 0 Å². The molecule has 4 N–H and O–H groups in total. The highest BCUT2D eigenvalue weighted by atomic mass is 16.5. The highest BCUT2D eigenvalue weighted by Crippen LogP contribution is 2.28. The number of benzene rings is 1. The van der Waals surface area contributed by atoms with E-state index >= 15 is 0 Å². The summed E-state index contributed by atoms with van der Waals surface area (Å²) in [5.74, 6) is 0.623. The van der Waals surface area contributed by atoms with E-state index in [1.807, 2.05) is 6.92 Å². The minimum atomic E-state index is -0.217. The van der Waals surface area contributed by atoms with E-state index in [0.717, 1.165) is 12.8 Å². The molecule has 1 fully saturated rings. The quantitative estimate of drug-likeness (QED) is 0.514. The molecule has 114 valence electrons. The molecule has 0 aromatic heterocycles. The van der Waals surface area contributed by atoms with Gasteiger partial charge in [0.2, 0.25) is 5.91 Å². The summed E-state index contributed by atoms with van der Waals surface area (Å²) in [4.78, 5) is 23.3. The van der Waals surface area contributed by atoms with E-state index in [1.165, 1.54) is 0 Å². The fourth-order valence-corrected chi connectivity index (χ4v) is 1.93. The van der Waals surface area contributed by atoms with E-state index in [-0.39, 0.29) is 17.7 Å². The lowest BCUT2D eigenvalue weighted by atomic mass is 10.1. The van der Waals surface area contributed by atoms with Crippen LogP contribution in [-0.2, 0) is 4.79 Å². The highest BCUT2D eigenvalue weighted by molar-refractivity contribution is 5.95. The van der Waals surface area contributed by atoms with E-state index in [0.29, 0.717) is 36.7 Å². The van der Waals surface area contributed by atoms with Gasteiger partial charge in [-0.1, -0.05) is 0 Å². The smallest absolute Gasteiger partial charge is 0.251 e. The number of hydrogen-bond acceptors (Lipinski definition) is 4. The molecular weight excluding hydrogens is 270 g/mol. The number of hydrogen-bond donors (Lipinski definition) is 3. The van der Waals surface area contributed by atoms with Gasteiger partial charge in [0, 0.05) is 24.6 Å². The Balaban J connectivity index is 1.77. The molecule has 2 rings (SSSR count). The molecule has 1 aromatic carbocycles. The molecule has 0 radical (unpaired) electrons. The fraction of sp³-hybridized carbons (Fsp3) is 0.467. The van der Waals surface area contributed by atoms with Gasteiger partial charge in [-0.05, 0) is 38.0 Å². The van der Waals surface area contributed by atoms with E-state index in [9.17, 15) is 9.59 Å². The van der Waals surface area contributed by atoms with Crippen molar-refractivity contribution < 1.29 is 14.3 Å². The summed E-state index contributed by atoms with van der Waals surface area (Å²) in [5, 5.41) is 5.53. The van der Waals surface area contributed by atoms with Crippen LogP contribution in [0.2, 0.25) is 0 Å². The van der Waals surface area contributed by atoms with Gasteiger partial charge in [0.15, 0.2) is 0 Å². The average Bonchev–Trinajstić information content (AvgIpc) is 3.30. The van der Waals surface area contributed by atoms with Gasteiger partial charge in [0.25, 0.3) is 5.91 Å². The van der Waals surface area contributed by atoms with Gasteiger partial charge in [-0.25, -0.2) is 0 Å². The maximum atomic E-state index is 11.9. The highest BCUT2D eigenvalue weighted by Gasteiger charge is 2.28. The SMILES string of the molecule is CCOc1ccc(C(=O)NCCNC(=O)C2CC2)cc1N. The fourth-order valence-electron chi connectivity index (χ4n) is 1.93. The average molecular weight is 291 g/mol. The van der Waals surface area contributed by atoms with Crippen LogP contribution in [-0.4, -0.2) is 31.5 Å². The topological polar surface area (TPSA) is 93.5 Å². The Bertz CT molecular complexity index is 527. The maximum absolute atomic E-state index is 11.9. The van der Waals surface area contributed by atoms with Crippen molar-refractivity contribution in [2.45, 2.75) is 19.8 Å². The van der Waals surface area contributed by atoms with E-state index in [2.05, 4.69) is 10.6 Å². The first-order valence-corrected chi connectivity index (χ1v) is 7.20. The third kappa shape index (κ3) is 4.37. The molecular formula is C15H21N3O3. The predicted molar refractivity (Wildman–Crippen MR) is 80.1 cm³/mol. The molecule has 0 atom stereocenters. The summed E-state index contributed by atoms with van der Waals surface area (Å²) >= 11 is 0. The van der Waals surface area contributed by atoms with E-state index in [4.69, 9.17) is 10.5 Å². The summed E-state index contributed by atoms with van der Waals surface area (Å²) < 4.78 is 5.32. The standard InChI is InChI=1S/C15H21N3O3/c1-2-21-13-6-5-11(9-12(13)16)15(20)18-8-7-17-14(19)10-3-4-10/h5-6,9-10H,2-4,7-8,16H2,1H3,(H,17,19)(H,18,20). The molecule has 0 bridgehead atoms. The van der Waals surface area contributed by atoms with Crippen molar-refractivity contribution in [1.82, 2.24) is 10.6 Å². The van der Waals surface area contributed by atoms with Crippen molar-refractivity contribution >= 4 is 17.5 Å². The summed E-state index contributed by atoms with van der Waals surface area (Å²) in [6.07, 6.45) is 1.95. The number of nitrogen functional groups attached to an aromatic ring is 1. The molecule has 0 unspecified atom stereocenters. The molecule has 0 saturated heterocycles. The number of anilines is 1. The first-order chi connectivity index (χ1) is 10.1. The van der Waals surface area contributed by atoms with Gasteiger partial charge >= 0.3 is 0 Å². The number of carbonyl (C=O) groups is 2. The van der Waals surface area contributed by atoms with Crippen LogP contribution < -0.4 is 21.1 Å². The number of nitrogens with one attached hydrogen (secondary N) is 2. The van der Waals surface area contributed by atoms with E-state index < -0.39 is 0 Å². The molecule has 1 saturated carbocycles. The molecule has 2 amide bonds. The zero-order valence-corrected chi connectivity index (χ0v) is 12.1. The number of amides is 2. The molecule has 0 heterocycles. The summed E-state index contributed by atoms with van der Waals surface area (Å²) in [7, 11) is 0. The molecule has 0 aliphatic heterocycles. The zero-order chi connectivity index (χ0) is 15.2. The zero-order valence-electron chi connectivity index (χ0n) is 12.1. The Morgan fingerprint density at radius 3 is 2.62 bits per heavy atom. The first kappa shape index (κ1) is 15.2. The number of nitrogens with two attached hydrogens (primary N) is 1. The summed E-state index contributed by atoms with van der Waals surface area (Å²) in [5.41, 5.74) is 6.73. The van der Waals surface area contributed by atoms with Crippen molar-refractivity contribution in [3.8, 4) is 5.75 Å². The minimum absolute atomic E-state index is 0.0783. The second-order valence-electron chi connectivity index (χ2n) is 5.01. The van der Waals surface area contributed by atoms with Crippen LogP contribution in [0.4, 0.5) is 5.69 Å². The van der Waals surface area contributed by atoms with Crippen LogP contribution in [0, 0.1) is 5.92 Å². The lowest BCUT2D eigenvalue weighted by Crippen LogP contribution is -2.35. The minimum Gasteiger partial charge on any atom is -0.492 e. The van der Waals surface area contributed by atoms with Gasteiger partial charge in [-0.3, -0.25) is 9.59 Å². The lowest BCUT2D eigenvalue weighted by molar-refractivity contribution is -0.122. The molecule has 6 heteroatoms. The van der Waals surface area contributed by atoms with Crippen molar-refractivity contribution in [2.75, 3.05) is 25.4 Å². The van der Waals surface area contributed by atoms with Gasteiger partial charge in [-0.2, -0.15) is 0 Å². The van der Waals surface area contributed by atoms with Crippen molar-refractivity contribution in [3.63, 3.8) is 0 Å². The van der Waals surface area contributed by atoms with Crippen molar-refractivity contribution in [3.05, 3.63) is 23.8 Å². The van der Waals surface area contributed by atoms with Crippen molar-refractivity contribution in [1.29, 1.82) is 0 Å². The van der Waals surface area contributed by atoms with Gasteiger partial charge in [0.05, 0.1) is 12.3 Å². The van der Waals surface area contributed by atoms with E-state index in [1.54, 1.807) is 18.2 Å². The first-order valence-electron chi connectivity index (χ1n) is 7.20. The Hall–Kier alpha value is -2.24. The third-order valence-corrected chi connectivity index (χ3v) is 3.23. The Morgan fingerprint density at radius 1 is 1.29 bits per heavy atom. The maximum Gasteiger partial charge on any atom is 0.251 e. The summed E-state index contributed by atoms with van der Waals surface area (Å²) in [6.45, 7) is 3.23. The lowest BCUT2D eigenvalue weighted by Gasteiger charge is -2.10. The Kier molecular flexibility index (Phi) is 5.03. The van der Waals surface area contributed by atoms with Crippen LogP contribution in [0.1, 0.15) is 30.1 Å². The van der Waals surface area contributed by atoms with Crippen molar-refractivity contribution in [2.24, 2.45) is 5.92 Å². The molecule has 1 aliphatic carbocycles. The monoisotopic (exact) mass is 291 g/mol. The van der Waals surface area contributed by atoms with Gasteiger partial charge in [-0.15, -0.1) is 0 Å². The number of rotatable bonds is 7. The second-order valence-corrected chi connectivity index (χ2v) is 5.01. The molecule has 6 nitrogen and oxygen atoms in total. The largest absolute Gasteiger partial charge is 0.492 e. The molecule has 1 aliphatic rings. The number of ether oxygens (including phenoxy) is 1.